The predicted molar refractivity (Wildman–Crippen MR) is 116 cm³/mol. The second-order valence-corrected chi connectivity index (χ2v) is 7.14. The molecule has 3 aromatic rings. The number of aromatic nitrogens is 2. The van der Waals surface area contributed by atoms with E-state index in [9.17, 15) is 0 Å². The van der Waals surface area contributed by atoms with E-state index in [0.717, 1.165) is 65.8 Å². The Balaban J connectivity index is 1.46. The summed E-state index contributed by atoms with van der Waals surface area (Å²) in [5.74, 6) is 2.94. The van der Waals surface area contributed by atoms with E-state index >= 15 is 0 Å². The van der Waals surface area contributed by atoms with Crippen LogP contribution in [0.4, 0.5) is 11.6 Å². The van der Waals surface area contributed by atoms with Gasteiger partial charge in [-0.3, -0.25) is 4.90 Å². The molecule has 4 rings (SSSR count). The maximum atomic E-state index is 5.57. The molecule has 1 aromatic heterocycles. The third-order valence-electron chi connectivity index (χ3n) is 5.22. The van der Waals surface area contributed by atoms with E-state index in [1.165, 1.54) is 0 Å². The third kappa shape index (κ3) is 4.31. The van der Waals surface area contributed by atoms with Crippen LogP contribution >= 0.6 is 0 Å². The highest BCUT2D eigenvalue weighted by Gasteiger charge is 2.20. The summed E-state index contributed by atoms with van der Waals surface area (Å²) in [6.07, 6.45) is 2.79. The molecule has 0 atom stereocenters. The van der Waals surface area contributed by atoms with Crippen LogP contribution in [0.25, 0.3) is 0 Å². The summed E-state index contributed by atoms with van der Waals surface area (Å²) in [6, 6.07) is 13.7. The third-order valence-corrected chi connectivity index (χ3v) is 5.22. The van der Waals surface area contributed by atoms with Crippen LogP contribution in [0.1, 0.15) is 16.8 Å². The molecule has 156 valence electrons. The van der Waals surface area contributed by atoms with E-state index in [1.807, 2.05) is 42.6 Å². The highest BCUT2D eigenvalue weighted by atomic mass is 16.5. The first-order valence-electron chi connectivity index (χ1n) is 9.88. The van der Waals surface area contributed by atoms with E-state index in [4.69, 9.17) is 19.2 Å². The van der Waals surface area contributed by atoms with Gasteiger partial charge in [0.1, 0.15) is 5.75 Å². The zero-order valence-corrected chi connectivity index (χ0v) is 17.5. The van der Waals surface area contributed by atoms with Gasteiger partial charge in [0.15, 0.2) is 11.5 Å². The molecule has 0 radical (unpaired) electrons. The molecule has 1 aliphatic heterocycles. The van der Waals surface area contributed by atoms with Gasteiger partial charge >= 0.3 is 0 Å². The molecular weight excluding hydrogens is 380 g/mol. The molecule has 0 spiro atoms. The van der Waals surface area contributed by atoms with Crippen molar-refractivity contribution in [1.82, 2.24) is 14.9 Å². The number of rotatable bonds is 7. The number of hydrogen-bond acceptors (Lipinski definition) is 7. The molecule has 0 aliphatic carbocycles. The fraction of sp³-hybridized carbons (Fsp3) is 0.304. The average Bonchev–Trinajstić information content (AvgIpc) is 2.79. The van der Waals surface area contributed by atoms with E-state index in [-0.39, 0.29) is 0 Å². The number of nitrogens with zero attached hydrogens (tertiary/aromatic N) is 3. The van der Waals surface area contributed by atoms with Crippen molar-refractivity contribution in [1.29, 1.82) is 0 Å². The Morgan fingerprint density at radius 2 is 1.90 bits per heavy atom. The Morgan fingerprint density at radius 3 is 2.70 bits per heavy atom. The molecule has 1 N–H and O–H groups in total. The number of ether oxygens (including phenoxy) is 3. The Labute approximate surface area is 176 Å². The van der Waals surface area contributed by atoms with Crippen LogP contribution in [-0.4, -0.2) is 42.7 Å². The van der Waals surface area contributed by atoms with Crippen molar-refractivity contribution in [2.24, 2.45) is 0 Å². The number of para-hydroxylation sites is 1. The standard InChI is InChI=1S/C23H26N4O3/c1-28-19-8-5-7-18(12-19)25-23-24-13-17-15-27(11-10-20(17)26-23)14-16-6-4-9-21(29-2)22(16)30-3/h4-9,12-13H,10-11,14-15H2,1-3H3,(H,24,25,26). The normalized spacial score (nSPS) is 13.4. The van der Waals surface area contributed by atoms with Crippen LogP contribution in [0, 0.1) is 0 Å². The number of anilines is 2. The Bertz CT molecular complexity index is 1030. The topological polar surface area (TPSA) is 68.7 Å². The van der Waals surface area contributed by atoms with E-state index in [0.29, 0.717) is 5.95 Å². The van der Waals surface area contributed by atoms with Gasteiger partial charge < -0.3 is 19.5 Å². The monoisotopic (exact) mass is 406 g/mol. The number of hydrogen-bond donors (Lipinski definition) is 1. The number of nitrogens with one attached hydrogen (secondary N) is 1. The van der Waals surface area contributed by atoms with Crippen LogP contribution in [0.3, 0.4) is 0 Å². The van der Waals surface area contributed by atoms with Crippen molar-refractivity contribution < 1.29 is 14.2 Å². The van der Waals surface area contributed by atoms with E-state index in [2.05, 4.69) is 21.3 Å². The molecule has 0 amide bonds. The maximum absolute atomic E-state index is 5.57. The van der Waals surface area contributed by atoms with Gasteiger partial charge in [0.05, 0.1) is 27.0 Å². The van der Waals surface area contributed by atoms with Gasteiger partial charge in [-0.15, -0.1) is 0 Å². The van der Waals surface area contributed by atoms with Crippen molar-refractivity contribution in [3.8, 4) is 17.2 Å². The molecule has 0 bridgehead atoms. The summed E-state index contributed by atoms with van der Waals surface area (Å²) in [5.41, 5.74) is 4.25. The Morgan fingerprint density at radius 1 is 1.03 bits per heavy atom. The maximum Gasteiger partial charge on any atom is 0.227 e. The van der Waals surface area contributed by atoms with Crippen LogP contribution < -0.4 is 19.5 Å². The minimum atomic E-state index is 0.602. The van der Waals surface area contributed by atoms with Crippen LogP contribution in [0.15, 0.2) is 48.7 Å². The van der Waals surface area contributed by atoms with Crippen molar-refractivity contribution in [2.75, 3.05) is 33.2 Å². The first kappa shape index (κ1) is 20.0. The number of methoxy groups -OCH3 is 3. The molecular formula is C23H26N4O3. The lowest BCUT2D eigenvalue weighted by Crippen LogP contribution is -2.31. The van der Waals surface area contributed by atoms with Gasteiger partial charge in [-0.25, -0.2) is 9.97 Å². The lowest BCUT2D eigenvalue weighted by atomic mass is 10.1. The summed E-state index contributed by atoms with van der Waals surface area (Å²) in [7, 11) is 4.99. The molecule has 0 saturated carbocycles. The summed E-state index contributed by atoms with van der Waals surface area (Å²) < 4.78 is 16.3. The minimum absolute atomic E-state index is 0.602. The van der Waals surface area contributed by atoms with Crippen molar-refractivity contribution in [2.45, 2.75) is 19.5 Å². The van der Waals surface area contributed by atoms with Gasteiger partial charge in [-0.05, 0) is 18.2 Å². The lowest BCUT2D eigenvalue weighted by Gasteiger charge is -2.28. The molecule has 0 fully saturated rings. The number of fused-ring (bicyclic) bond motifs is 1. The van der Waals surface area contributed by atoms with Gasteiger partial charge in [0.2, 0.25) is 5.95 Å². The highest BCUT2D eigenvalue weighted by molar-refractivity contribution is 5.56. The zero-order chi connectivity index (χ0) is 20.9. The van der Waals surface area contributed by atoms with Crippen molar-refractivity contribution >= 4 is 11.6 Å². The highest BCUT2D eigenvalue weighted by Crippen LogP contribution is 2.32. The molecule has 0 saturated heterocycles. The average molecular weight is 406 g/mol. The molecule has 0 unspecified atom stereocenters. The molecule has 30 heavy (non-hydrogen) atoms. The van der Waals surface area contributed by atoms with Gasteiger partial charge in [-0.1, -0.05) is 18.2 Å². The van der Waals surface area contributed by atoms with Crippen molar-refractivity contribution in [3.63, 3.8) is 0 Å². The quantitative estimate of drug-likeness (QED) is 0.640. The fourth-order valence-electron chi connectivity index (χ4n) is 3.72. The predicted octanol–water partition coefficient (Wildman–Crippen LogP) is 3.80. The minimum Gasteiger partial charge on any atom is -0.497 e. The van der Waals surface area contributed by atoms with Gasteiger partial charge in [-0.2, -0.15) is 0 Å². The number of benzene rings is 2. The smallest absolute Gasteiger partial charge is 0.227 e. The Kier molecular flexibility index (Phi) is 5.99. The zero-order valence-electron chi connectivity index (χ0n) is 17.5. The van der Waals surface area contributed by atoms with Gasteiger partial charge in [0, 0.05) is 55.1 Å². The summed E-state index contributed by atoms with van der Waals surface area (Å²) in [6.45, 7) is 2.50. The van der Waals surface area contributed by atoms with Gasteiger partial charge in [0.25, 0.3) is 0 Å². The summed E-state index contributed by atoms with van der Waals surface area (Å²) in [5, 5.41) is 3.26. The lowest BCUT2D eigenvalue weighted by molar-refractivity contribution is 0.238. The molecule has 1 aliphatic rings. The molecule has 7 heteroatoms. The SMILES string of the molecule is COc1cccc(Nc2ncc3c(n2)CCN(Cc2cccc(OC)c2OC)C3)c1. The van der Waals surface area contributed by atoms with Crippen LogP contribution in [0.5, 0.6) is 17.2 Å². The Hall–Kier alpha value is -3.32. The molecule has 2 heterocycles. The first-order valence-corrected chi connectivity index (χ1v) is 9.88. The second-order valence-electron chi connectivity index (χ2n) is 7.14. The van der Waals surface area contributed by atoms with Crippen LogP contribution in [-0.2, 0) is 19.5 Å². The van der Waals surface area contributed by atoms with E-state index < -0.39 is 0 Å². The van der Waals surface area contributed by atoms with Crippen LogP contribution in [0.2, 0.25) is 0 Å². The summed E-state index contributed by atoms with van der Waals surface area (Å²) in [4.78, 5) is 11.6. The molecule has 7 nitrogen and oxygen atoms in total. The first-order chi connectivity index (χ1) is 14.7. The largest absolute Gasteiger partial charge is 0.497 e. The fourth-order valence-corrected chi connectivity index (χ4v) is 3.72. The summed E-state index contributed by atoms with van der Waals surface area (Å²) >= 11 is 0. The van der Waals surface area contributed by atoms with Crippen molar-refractivity contribution in [3.05, 3.63) is 65.5 Å². The second kappa shape index (κ2) is 9.00. The van der Waals surface area contributed by atoms with E-state index in [1.54, 1.807) is 21.3 Å². The molecule has 2 aromatic carbocycles.